The van der Waals surface area contributed by atoms with Gasteiger partial charge in [0.1, 0.15) is 6.10 Å². The Morgan fingerprint density at radius 2 is 1.56 bits per heavy atom. The number of nitrogens with zero attached hydrogens (tertiary/aromatic N) is 1. The summed E-state index contributed by atoms with van der Waals surface area (Å²) in [4.78, 5) is 18.9. The number of ether oxygens (including phenoxy) is 1. The van der Waals surface area contributed by atoms with Gasteiger partial charge in [0.25, 0.3) is 8.32 Å². The zero-order chi connectivity index (χ0) is 24.8. The van der Waals surface area contributed by atoms with Crippen LogP contribution >= 0.6 is 0 Å². The Hall–Kier alpha value is -2.64. The molecule has 0 radical (unpaired) electrons. The number of rotatable bonds is 10. The summed E-state index contributed by atoms with van der Waals surface area (Å²) >= 11 is 0. The van der Waals surface area contributed by atoms with Gasteiger partial charge in [-0.2, -0.15) is 0 Å². The van der Waals surface area contributed by atoms with E-state index in [0.29, 0.717) is 11.3 Å². The van der Waals surface area contributed by atoms with Crippen molar-refractivity contribution >= 4 is 30.4 Å². The van der Waals surface area contributed by atoms with Crippen LogP contribution in [0.4, 0.5) is 0 Å². The molecule has 3 rings (SSSR count). The molecule has 0 saturated heterocycles. The monoisotopic (exact) mass is 483 g/mol. The van der Waals surface area contributed by atoms with Crippen molar-refractivity contribution in [2.75, 3.05) is 6.61 Å². The third-order valence-corrected chi connectivity index (χ3v) is 11.3. The lowest BCUT2D eigenvalue weighted by molar-refractivity contribution is -0.740. The molecular formula is C27H37NO5Si. The molecule has 2 aromatic rings. The third-order valence-electron chi connectivity index (χ3n) is 6.33. The minimum atomic E-state index is -3.02. The van der Waals surface area contributed by atoms with Gasteiger partial charge in [-0.15, -0.1) is 0 Å². The SMILES string of the molecule is CCCCC[C@@H]1O[N+]([O-])=C(C(=O)OCC)[C@H]1O[Si](c1ccccc1)(c1ccccc1)C(C)(C)C. The molecular weight excluding hydrogens is 446 g/mol. The van der Waals surface area contributed by atoms with Gasteiger partial charge in [0.05, 0.1) is 11.5 Å². The Labute approximate surface area is 204 Å². The molecule has 1 heterocycles. The maximum Gasteiger partial charge on any atom is 0.408 e. The highest BCUT2D eigenvalue weighted by Crippen LogP contribution is 2.39. The van der Waals surface area contributed by atoms with Gasteiger partial charge in [0.2, 0.25) is 0 Å². The zero-order valence-electron chi connectivity index (χ0n) is 21.0. The van der Waals surface area contributed by atoms with E-state index in [4.69, 9.17) is 14.0 Å². The predicted molar refractivity (Wildman–Crippen MR) is 137 cm³/mol. The lowest BCUT2D eigenvalue weighted by Gasteiger charge is -2.44. The molecule has 184 valence electrons. The second-order valence-corrected chi connectivity index (χ2v) is 14.0. The molecule has 7 heteroatoms. The summed E-state index contributed by atoms with van der Waals surface area (Å²) in [6.07, 6.45) is 2.19. The Balaban J connectivity index is 2.17. The van der Waals surface area contributed by atoms with E-state index in [9.17, 15) is 10.0 Å². The van der Waals surface area contributed by atoms with Gasteiger partial charge in [0, 0.05) is 0 Å². The average molecular weight is 484 g/mol. The van der Waals surface area contributed by atoms with Gasteiger partial charge in [-0.25, -0.2) is 4.79 Å². The van der Waals surface area contributed by atoms with E-state index >= 15 is 0 Å². The summed E-state index contributed by atoms with van der Waals surface area (Å²) in [5.74, 6) is -0.682. The molecule has 2 atom stereocenters. The van der Waals surface area contributed by atoms with Crippen molar-refractivity contribution in [3.63, 3.8) is 0 Å². The van der Waals surface area contributed by atoms with Crippen LogP contribution in [0, 0.1) is 5.21 Å². The van der Waals surface area contributed by atoms with Crippen LogP contribution in [0.3, 0.4) is 0 Å². The van der Waals surface area contributed by atoms with Gasteiger partial charge < -0.3 is 14.0 Å². The summed E-state index contributed by atoms with van der Waals surface area (Å²) in [6.45, 7) is 10.5. The predicted octanol–water partition coefficient (Wildman–Crippen LogP) is 4.34. The van der Waals surface area contributed by atoms with Crippen LogP contribution in [0.5, 0.6) is 0 Å². The molecule has 0 N–H and O–H groups in total. The number of unbranched alkanes of at least 4 members (excludes halogenated alkanes) is 2. The largest absolute Gasteiger partial charge is 0.458 e. The maximum atomic E-state index is 12.9. The Morgan fingerprint density at radius 1 is 1.00 bits per heavy atom. The number of hydrogen-bond acceptors (Lipinski definition) is 5. The topological polar surface area (TPSA) is 70.8 Å². The number of benzene rings is 2. The highest BCUT2D eigenvalue weighted by atomic mass is 28.4. The first-order chi connectivity index (χ1) is 16.3. The standard InChI is InChI=1S/C27H37NO5Si/c1-6-8-11-20-23-25(24(28(30)32-23)26(29)31-7-2)33-34(27(3,4)5,21-16-12-9-13-17-21)22-18-14-10-15-19-22/h9-10,12-19,23,25H,6-8,11,20H2,1-5H3/t23-,25-/m0/s1. The van der Waals surface area contributed by atoms with Crippen molar-refractivity contribution in [1.29, 1.82) is 0 Å². The fourth-order valence-corrected chi connectivity index (χ4v) is 9.38. The van der Waals surface area contributed by atoms with Crippen molar-refractivity contribution in [2.45, 2.75) is 77.5 Å². The van der Waals surface area contributed by atoms with Crippen molar-refractivity contribution < 1.29 is 23.7 Å². The average Bonchev–Trinajstić information content (AvgIpc) is 3.12. The van der Waals surface area contributed by atoms with Gasteiger partial charge >= 0.3 is 11.7 Å². The lowest BCUT2D eigenvalue weighted by Crippen LogP contribution is -2.69. The van der Waals surface area contributed by atoms with E-state index in [0.717, 1.165) is 29.6 Å². The second kappa shape index (κ2) is 11.2. The fourth-order valence-electron chi connectivity index (χ4n) is 4.72. The first-order valence-electron chi connectivity index (χ1n) is 12.2. The minimum absolute atomic E-state index is 0.101. The van der Waals surface area contributed by atoms with Crippen molar-refractivity contribution in [3.8, 4) is 0 Å². The third kappa shape index (κ3) is 5.20. The number of esters is 1. The smallest absolute Gasteiger partial charge is 0.408 e. The normalized spacial score (nSPS) is 18.6. The summed E-state index contributed by atoms with van der Waals surface area (Å²) in [7, 11) is -3.02. The van der Waals surface area contributed by atoms with E-state index in [1.165, 1.54) is 0 Å². The molecule has 0 fully saturated rings. The molecule has 0 amide bonds. The van der Waals surface area contributed by atoms with Crippen LogP contribution < -0.4 is 10.4 Å². The fraction of sp³-hybridized carbons (Fsp3) is 0.481. The zero-order valence-corrected chi connectivity index (χ0v) is 22.0. The molecule has 0 bridgehead atoms. The molecule has 0 saturated carbocycles. The molecule has 34 heavy (non-hydrogen) atoms. The van der Waals surface area contributed by atoms with Crippen molar-refractivity contribution in [2.24, 2.45) is 0 Å². The summed E-state index contributed by atoms with van der Waals surface area (Å²) in [5, 5.41) is 14.7. The van der Waals surface area contributed by atoms with Crippen LogP contribution in [-0.4, -0.2) is 43.7 Å². The first kappa shape index (κ1) is 26.0. The first-order valence-corrected chi connectivity index (χ1v) is 14.1. The van der Waals surface area contributed by atoms with Crippen LogP contribution in [0.25, 0.3) is 0 Å². The van der Waals surface area contributed by atoms with E-state index in [2.05, 4.69) is 52.0 Å². The highest BCUT2D eigenvalue weighted by Gasteiger charge is 2.57. The summed E-state index contributed by atoms with van der Waals surface area (Å²) in [6, 6.07) is 20.4. The lowest BCUT2D eigenvalue weighted by atomic mass is 10.0. The Morgan fingerprint density at radius 3 is 2.03 bits per heavy atom. The van der Waals surface area contributed by atoms with E-state index in [-0.39, 0.29) is 17.4 Å². The quantitative estimate of drug-likeness (QED) is 0.218. The molecule has 0 aliphatic carbocycles. The van der Waals surface area contributed by atoms with E-state index < -0.39 is 26.5 Å². The van der Waals surface area contributed by atoms with Gasteiger partial charge in [-0.3, -0.25) is 5.21 Å². The molecule has 0 spiro atoms. The van der Waals surface area contributed by atoms with Gasteiger partial charge in [0.15, 0.2) is 6.10 Å². The molecule has 6 nitrogen and oxygen atoms in total. The summed E-state index contributed by atoms with van der Waals surface area (Å²) < 4.78 is 12.4. The van der Waals surface area contributed by atoms with Crippen LogP contribution in [0.1, 0.15) is 60.3 Å². The van der Waals surface area contributed by atoms with Crippen LogP contribution in [0.15, 0.2) is 60.7 Å². The molecule has 1 aliphatic heterocycles. The Bertz CT molecular complexity index is 932. The second-order valence-electron chi connectivity index (χ2n) is 9.70. The van der Waals surface area contributed by atoms with Crippen LogP contribution in [-0.2, 0) is 18.8 Å². The number of hydrogen-bond donors (Lipinski definition) is 0. The Kier molecular flexibility index (Phi) is 8.55. The molecule has 1 aliphatic rings. The molecule has 0 unspecified atom stereocenters. The van der Waals surface area contributed by atoms with Crippen molar-refractivity contribution in [1.82, 2.24) is 0 Å². The van der Waals surface area contributed by atoms with Crippen LogP contribution in [0.2, 0.25) is 5.04 Å². The van der Waals surface area contributed by atoms with Gasteiger partial charge in [-0.05, 0) is 28.8 Å². The highest BCUT2D eigenvalue weighted by molar-refractivity contribution is 6.99. The van der Waals surface area contributed by atoms with E-state index in [1.807, 2.05) is 36.4 Å². The van der Waals surface area contributed by atoms with Crippen molar-refractivity contribution in [3.05, 3.63) is 65.9 Å². The molecule has 2 aromatic carbocycles. The molecule has 0 aromatic heterocycles. The maximum absolute atomic E-state index is 12.9. The number of carbonyl (C=O) groups is 1. The number of carbonyl (C=O) groups excluding carboxylic acids is 1. The minimum Gasteiger partial charge on any atom is -0.458 e. The van der Waals surface area contributed by atoms with E-state index in [1.54, 1.807) is 6.92 Å². The van der Waals surface area contributed by atoms with Gasteiger partial charge in [-0.1, -0.05) is 108 Å². The summed E-state index contributed by atoms with van der Waals surface area (Å²) in [5.41, 5.74) is -0.101.